The van der Waals surface area contributed by atoms with Crippen molar-refractivity contribution in [3.63, 3.8) is 0 Å². The third kappa shape index (κ3) is 3.77. The Bertz CT molecular complexity index is 548. The number of halogens is 2. The van der Waals surface area contributed by atoms with Crippen molar-refractivity contribution in [1.82, 2.24) is 4.90 Å². The van der Waals surface area contributed by atoms with Crippen molar-refractivity contribution in [2.45, 2.75) is 38.1 Å². The average Bonchev–Trinajstić information content (AvgIpc) is 2.92. The van der Waals surface area contributed by atoms with Crippen LogP contribution < -0.4 is 0 Å². The fourth-order valence-electron chi connectivity index (χ4n) is 2.60. The van der Waals surface area contributed by atoms with E-state index in [2.05, 4.69) is 0 Å². The summed E-state index contributed by atoms with van der Waals surface area (Å²) in [6.45, 7) is 0.473. The van der Waals surface area contributed by atoms with Gasteiger partial charge in [0, 0.05) is 13.0 Å². The van der Waals surface area contributed by atoms with E-state index in [-0.39, 0.29) is 12.3 Å². The van der Waals surface area contributed by atoms with E-state index in [1.165, 1.54) is 11.0 Å². The molecule has 1 aromatic rings. The van der Waals surface area contributed by atoms with E-state index < -0.39 is 23.6 Å². The lowest BCUT2D eigenvalue weighted by molar-refractivity contribution is -0.148. The van der Waals surface area contributed by atoms with Gasteiger partial charge in [0.2, 0.25) is 5.91 Å². The van der Waals surface area contributed by atoms with Crippen molar-refractivity contribution in [3.05, 3.63) is 35.4 Å². The molecule has 0 saturated carbocycles. The van der Waals surface area contributed by atoms with Crippen LogP contribution in [0.3, 0.4) is 0 Å². The van der Waals surface area contributed by atoms with Crippen LogP contribution in [0.15, 0.2) is 18.2 Å². The lowest BCUT2D eigenvalue weighted by Crippen LogP contribution is -2.40. The van der Waals surface area contributed by atoms with Crippen molar-refractivity contribution in [2.75, 3.05) is 6.54 Å². The Hall–Kier alpha value is -1.98. The maximum Gasteiger partial charge on any atom is 0.326 e. The smallest absolute Gasteiger partial charge is 0.326 e. The maximum atomic E-state index is 13.0. The highest BCUT2D eigenvalue weighted by Gasteiger charge is 2.33. The van der Waals surface area contributed by atoms with Crippen LogP contribution in [0.5, 0.6) is 0 Å². The average molecular weight is 297 g/mol. The number of carboxylic acid groups (broad SMARTS) is 1. The Morgan fingerprint density at radius 3 is 2.71 bits per heavy atom. The van der Waals surface area contributed by atoms with E-state index in [1.54, 1.807) is 0 Å². The molecule has 1 fully saturated rings. The van der Waals surface area contributed by atoms with Gasteiger partial charge in [0.15, 0.2) is 11.6 Å². The highest BCUT2D eigenvalue weighted by Crippen LogP contribution is 2.19. The van der Waals surface area contributed by atoms with Crippen LogP contribution in [0.25, 0.3) is 0 Å². The number of rotatable bonds is 5. The number of carboxylic acids is 1. The predicted molar refractivity (Wildman–Crippen MR) is 71.7 cm³/mol. The number of nitrogens with zero attached hydrogens (tertiary/aromatic N) is 1. The molecule has 1 saturated heterocycles. The lowest BCUT2D eigenvalue weighted by Gasteiger charge is -2.21. The Balaban J connectivity index is 1.84. The van der Waals surface area contributed by atoms with Crippen molar-refractivity contribution < 1.29 is 23.5 Å². The molecule has 1 amide bonds. The number of aryl methyl sites for hydroxylation is 1. The van der Waals surface area contributed by atoms with Gasteiger partial charge in [-0.2, -0.15) is 0 Å². The molecule has 4 nitrogen and oxygen atoms in total. The zero-order chi connectivity index (χ0) is 15.4. The van der Waals surface area contributed by atoms with Crippen LogP contribution >= 0.6 is 0 Å². The first-order chi connectivity index (χ1) is 9.99. The highest BCUT2D eigenvalue weighted by molar-refractivity contribution is 5.84. The lowest BCUT2D eigenvalue weighted by atomic mass is 10.1. The number of benzene rings is 1. The van der Waals surface area contributed by atoms with Gasteiger partial charge in [-0.15, -0.1) is 0 Å². The molecule has 0 aromatic heterocycles. The molecule has 1 aliphatic heterocycles. The van der Waals surface area contributed by atoms with E-state index in [0.29, 0.717) is 37.8 Å². The fourth-order valence-corrected chi connectivity index (χ4v) is 2.60. The quantitative estimate of drug-likeness (QED) is 0.907. The normalized spacial score (nSPS) is 18.0. The Morgan fingerprint density at radius 1 is 1.29 bits per heavy atom. The van der Waals surface area contributed by atoms with Gasteiger partial charge < -0.3 is 10.0 Å². The van der Waals surface area contributed by atoms with Crippen LogP contribution in [-0.2, 0) is 16.0 Å². The second-order valence-corrected chi connectivity index (χ2v) is 5.19. The molecule has 2 rings (SSSR count). The highest BCUT2D eigenvalue weighted by atomic mass is 19.2. The first kappa shape index (κ1) is 15.4. The molecule has 1 atom stereocenters. The Morgan fingerprint density at radius 2 is 2.05 bits per heavy atom. The maximum absolute atomic E-state index is 13.0. The molecule has 1 aromatic carbocycles. The zero-order valence-corrected chi connectivity index (χ0v) is 11.5. The van der Waals surface area contributed by atoms with Crippen LogP contribution in [0, 0.1) is 11.6 Å². The summed E-state index contributed by atoms with van der Waals surface area (Å²) in [6, 6.07) is 2.95. The predicted octanol–water partition coefficient (Wildman–Crippen LogP) is 2.36. The molecular weight excluding hydrogens is 280 g/mol. The van der Waals surface area contributed by atoms with Crippen molar-refractivity contribution in [3.8, 4) is 0 Å². The van der Waals surface area contributed by atoms with Crippen molar-refractivity contribution in [2.24, 2.45) is 0 Å². The molecule has 1 heterocycles. The second kappa shape index (κ2) is 6.65. The van der Waals surface area contributed by atoms with Crippen molar-refractivity contribution >= 4 is 11.9 Å². The zero-order valence-electron chi connectivity index (χ0n) is 11.5. The SMILES string of the molecule is O=C(O)[C@H]1CCCN1C(=O)CCCc1ccc(F)c(F)c1. The van der Waals surface area contributed by atoms with Gasteiger partial charge in [-0.05, 0) is 43.4 Å². The van der Waals surface area contributed by atoms with Crippen LogP contribution in [-0.4, -0.2) is 34.5 Å². The summed E-state index contributed by atoms with van der Waals surface area (Å²) in [5.41, 5.74) is 0.623. The molecule has 0 spiro atoms. The summed E-state index contributed by atoms with van der Waals surface area (Å²) in [5, 5.41) is 9.02. The molecule has 114 valence electrons. The first-order valence-electron chi connectivity index (χ1n) is 6.95. The standard InChI is InChI=1S/C15H17F2NO3/c16-11-7-6-10(9-12(11)17)3-1-5-14(19)18-8-2-4-13(18)15(20)21/h6-7,9,13H,1-5,8H2,(H,20,21)/t13-/m1/s1. The van der Waals surface area contributed by atoms with Gasteiger partial charge in [0.05, 0.1) is 0 Å². The molecule has 21 heavy (non-hydrogen) atoms. The largest absolute Gasteiger partial charge is 0.480 e. The third-order valence-electron chi connectivity index (χ3n) is 3.70. The van der Waals surface area contributed by atoms with E-state index in [9.17, 15) is 18.4 Å². The van der Waals surface area contributed by atoms with Gasteiger partial charge in [-0.3, -0.25) is 4.79 Å². The molecule has 1 aliphatic rings. The minimum Gasteiger partial charge on any atom is -0.480 e. The van der Waals surface area contributed by atoms with Crippen LogP contribution in [0.2, 0.25) is 0 Å². The van der Waals surface area contributed by atoms with Gasteiger partial charge in [0.1, 0.15) is 6.04 Å². The van der Waals surface area contributed by atoms with E-state index in [0.717, 1.165) is 12.1 Å². The molecule has 1 N–H and O–H groups in total. The number of carbonyl (C=O) groups excluding carboxylic acids is 1. The number of aliphatic carboxylic acids is 1. The molecule has 6 heteroatoms. The summed E-state index contributed by atoms with van der Waals surface area (Å²) in [4.78, 5) is 24.4. The van der Waals surface area contributed by atoms with Crippen LogP contribution in [0.1, 0.15) is 31.2 Å². The number of hydrogen-bond donors (Lipinski definition) is 1. The number of likely N-dealkylation sites (tertiary alicyclic amines) is 1. The summed E-state index contributed by atoms with van der Waals surface area (Å²) in [7, 11) is 0. The second-order valence-electron chi connectivity index (χ2n) is 5.19. The van der Waals surface area contributed by atoms with E-state index in [1.807, 2.05) is 0 Å². The molecule has 0 unspecified atom stereocenters. The van der Waals surface area contributed by atoms with Gasteiger partial charge >= 0.3 is 5.97 Å². The summed E-state index contributed by atoms with van der Waals surface area (Å²) in [5.74, 6) is -2.95. The van der Waals surface area contributed by atoms with Gasteiger partial charge in [-0.1, -0.05) is 6.07 Å². The number of hydrogen-bond acceptors (Lipinski definition) is 2. The third-order valence-corrected chi connectivity index (χ3v) is 3.70. The summed E-state index contributed by atoms with van der Waals surface area (Å²) < 4.78 is 25.8. The number of carbonyl (C=O) groups is 2. The Kier molecular flexibility index (Phi) is 4.88. The van der Waals surface area contributed by atoms with E-state index in [4.69, 9.17) is 5.11 Å². The van der Waals surface area contributed by atoms with Crippen LogP contribution in [0.4, 0.5) is 8.78 Å². The topological polar surface area (TPSA) is 57.6 Å². The van der Waals surface area contributed by atoms with Gasteiger partial charge in [-0.25, -0.2) is 13.6 Å². The monoisotopic (exact) mass is 297 g/mol. The molecule has 0 radical (unpaired) electrons. The summed E-state index contributed by atoms with van der Waals surface area (Å²) >= 11 is 0. The minimum atomic E-state index is -0.971. The van der Waals surface area contributed by atoms with Gasteiger partial charge in [0.25, 0.3) is 0 Å². The first-order valence-corrected chi connectivity index (χ1v) is 6.95. The Labute approximate surface area is 121 Å². The number of amides is 1. The van der Waals surface area contributed by atoms with Crippen molar-refractivity contribution in [1.29, 1.82) is 0 Å². The molecule has 0 aliphatic carbocycles. The fraction of sp³-hybridized carbons (Fsp3) is 0.467. The minimum absolute atomic E-state index is 0.192. The summed E-state index contributed by atoms with van der Waals surface area (Å²) in [6.07, 6.45) is 2.33. The molecule has 0 bridgehead atoms. The molecular formula is C15H17F2NO3. The van der Waals surface area contributed by atoms with E-state index >= 15 is 0 Å².